The number of aryl methyl sites for hydroxylation is 1. The average molecular weight is 367 g/mol. The van der Waals surface area contributed by atoms with Crippen molar-refractivity contribution in [3.05, 3.63) is 69.5 Å². The first-order valence-corrected chi connectivity index (χ1v) is 8.56. The van der Waals surface area contributed by atoms with Gasteiger partial charge < -0.3 is 4.74 Å². The smallest absolute Gasteiger partial charge is 0.270 e. The summed E-state index contributed by atoms with van der Waals surface area (Å²) >= 11 is 1.35. The van der Waals surface area contributed by atoms with E-state index in [4.69, 9.17) is 4.74 Å². The Labute approximate surface area is 152 Å². The summed E-state index contributed by atoms with van der Waals surface area (Å²) in [5.74, 6) is 1.28. The Morgan fingerprint density at radius 3 is 2.77 bits per heavy atom. The molecule has 1 aliphatic heterocycles. The number of fused-ring (bicyclic) bond motifs is 2. The molecule has 1 aromatic heterocycles. The zero-order valence-corrected chi connectivity index (χ0v) is 14.5. The Kier molecular flexibility index (Phi) is 4.13. The number of aromatic nitrogens is 3. The van der Waals surface area contributed by atoms with Crippen molar-refractivity contribution in [2.24, 2.45) is 5.10 Å². The number of nitro groups is 1. The van der Waals surface area contributed by atoms with Gasteiger partial charge in [0.15, 0.2) is 5.82 Å². The molecule has 0 spiro atoms. The molecule has 2 aromatic carbocycles. The highest BCUT2D eigenvalue weighted by Crippen LogP contribution is 2.33. The molecule has 9 heteroatoms. The van der Waals surface area contributed by atoms with E-state index < -0.39 is 4.92 Å². The van der Waals surface area contributed by atoms with Crippen molar-refractivity contribution in [1.29, 1.82) is 0 Å². The lowest BCUT2D eigenvalue weighted by Gasteiger charge is -2.06. The summed E-state index contributed by atoms with van der Waals surface area (Å²) in [6, 6.07) is 12.4. The van der Waals surface area contributed by atoms with E-state index in [1.54, 1.807) is 17.0 Å². The first kappa shape index (κ1) is 16.3. The Bertz CT molecular complexity index is 1010. The molecule has 130 valence electrons. The van der Waals surface area contributed by atoms with Crippen LogP contribution in [0.1, 0.15) is 17.0 Å². The monoisotopic (exact) mass is 367 g/mol. The summed E-state index contributed by atoms with van der Waals surface area (Å²) in [7, 11) is 0. The van der Waals surface area contributed by atoms with Crippen LogP contribution in [0.3, 0.4) is 0 Å². The number of non-ortho nitro benzene ring substituents is 1. The van der Waals surface area contributed by atoms with Crippen LogP contribution in [0.2, 0.25) is 0 Å². The van der Waals surface area contributed by atoms with Crippen molar-refractivity contribution in [2.45, 2.75) is 23.6 Å². The van der Waals surface area contributed by atoms with Crippen molar-refractivity contribution in [3.8, 4) is 5.75 Å². The molecule has 8 nitrogen and oxygen atoms in total. The molecule has 0 aliphatic carbocycles. The van der Waals surface area contributed by atoms with Crippen LogP contribution in [0.15, 0.2) is 57.6 Å². The van der Waals surface area contributed by atoms with Crippen molar-refractivity contribution in [2.75, 3.05) is 0 Å². The molecule has 0 fully saturated rings. The summed E-state index contributed by atoms with van der Waals surface area (Å²) in [6.45, 7) is 2.22. The number of rotatable bonds is 4. The third-order valence-electron chi connectivity index (χ3n) is 3.78. The highest BCUT2D eigenvalue weighted by atomic mass is 32.2. The van der Waals surface area contributed by atoms with Crippen LogP contribution in [-0.4, -0.2) is 26.0 Å². The fraction of sp³-hybridized carbons (Fsp3) is 0.118. The lowest BCUT2D eigenvalue weighted by molar-refractivity contribution is -0.384. The minimum absolute atomic E-state index is 0.0244. The van der Waals surface area contributed by atoms with Crippen molar-refractivity contribution in [1.82, 2.24) is 14.9 Å². The third kappa shape index (κ3) is 3.16. The third-order valence-corrected chi connectivity index (χ3v) is 4.81. The molecule has 0 radical (unpaired) electrons. The van der Waals surface area contributed by atoms with E-state index in [1.165, 1.54) is 23.9 Å². The van der Waals surface area contributed by atoms with Gasteiger partial charge in [0, 0.05) is 22.6 Å². The topological polar surface area (TPSA) is 95.4 Å². The van der Waals surface area contributed by atoms with E-state index in [0.29, 0.717) is 16.5 Å². The predicted molar refractivity (Wildman–Crippen MR) is 95.7 cm³/mol. The molecule has 0 bridgehead atoms. The van der Waals surface area contributed by atoms with Gasteiger partial charge in [-0.2, -0.15) is 9.78 Å². The highest BCUT2D eigenvalue weighted by Gasteiger charge is 2.19. The molecule has 0 amide bonds. The number of benzene rings is 2. The van der Waals surface area contributed by atoms with Gasteiger partial charge in [-0.05, 0) is 36.9 Å². The molecular weight excluding hydrogens is 354 g/mol. The Balaban J connectivity index is 1.58. The first-order valence-electron chi connectivity index (χ1n) is 7.74. The quantitative estimate of drug-likeness (QED) is 0.405. The van der Waals surface area contributed by atoms with E-state index in [2.05, 4.69) is 15.3 Å². The van der Waals surface area contributed by atoms with Crippen LogP contribution in [0.25, 0.3) is 0 Å². The molecule has 1 aliphatic rings. The second-order valence-electron chi connectivity index (χ2n) is 5.64. The molecule has 0 saturated carbocycles. The SMILES string of the molecule is Cc1ccc(OCc2nnc3n2N=Cc2cc([N+](=O)[O-])ccc2S3)cc1. The van der Waals surface area contributed by atoms with Gasteiger partial charge in [-0.1, -0.05) is 17.7 Å². The summed E-state index contributed by atoms with van der Waals surface area (Å²) < 4.78 is 7.33. The number of hydrogen-bond acceptors (Lipinski definition) is 7. The average Bonchev–Trinajstić information content (AvgIpc) is 2.92. The summed E-state index contributed by atoms with van der Waals surface area (Å²) in [6.07, 6.45) is 1.57. The number of ether oxygens (including phenoxy) is 1. The molecule has 2 heterocycles. The molecule has 0 unspecified atom stereocenters. The minimum Gasteiger partial charge on any atom is -0.486 e. The second-order valence-corrected chi connectivity index (χ2v) is 6.65. The van der Waals surface area contributed by atoms with Crippen LogP contribution in [0.4, 0.5) is 5.69 Å². The van der Waals surface area contributed by atoms with Gasteiger partial charge in [0.25, 0.3) is 5.69 Å². The zero-order chi connectivity index (χ0) is 18.1. The van der Waals surface area contributed by atoms with Crippen LogP contribution >= 0.6 is 11.8 Å². The predicted octanol–water partition coefficient (Wildman–Crippen LogP) is 3.42. The van der Waals surface area contributed by atoms with E-state index in [-0.39, 0.29) is 12.3 Å². The summed E-state index contributed by atoms with van der Waals surface area (Å²) in [5.41, 5.74) is 1.85. The molecule has 26 heavy (non-hydrogen) atoms. The second kappa shape index (κ2) is 6.60. The highest BCUT2D eigenvalue weighted by molar-refractivity contribution is 7.99. The summed E-state index contributed by atoms with van der Waals surface area (Å²) in [4.78, 5) is 11.4. The minimum atomic E-state index is -0.426. The van der Waals surface area contributed by atoms with Gasteiger partial charge in [-0.25, -0.2) is 0 Å². The van der Waals surface area contributed by atoms with Gasteiger partial charge in [-0.3, -0.25) is 10.1 Å². The van der Waals surface area contributed by atoms with Crippen LogP contribution in [-0.2, 0) is 6.61 Å². The number of nitro benzene ring substituents is 1. The number of nitrogens with zero attached hydrogens (tertiary/aromatic N) is 5. The Morgan fingerprint density at radius 2 is 2.00 bits per heavy atom. The molecule has 0 saturated heterocycles. The van der Waals surface area contributed by atoms with Gasteiger partial charge in [0.1, 0.15) is 12.4 Å². The van der Waals surface area contributed by atoms with Crippen LogP contribution < -0.4 is 4.74 Å². The van der Waals surface area contributed by atoms with E-state index in [0.717, 1.165) is 16.2 Å². The van der Waals surface area contributed by atoms with Crippen LogP contribution in [0, 0.1) is 17.0 Å². The van der Waals surface area contributed by atoms with Gasteiger partial charge >= 0.3 is 0 Å². The fourth-order valence-corrected chi connectivity index (χ4v) is 3.29. The maximum Gasteiger partial charge on any atom is 0.270 e. The molecule has 3 aromatic rings. The van der Waals surface area contributed by atoms with Crippen LogP contribution in [0.5, 0.6) is 5.75 Å². The Hall–Kier alpha value is -3.20. The van der Waals surface area contributed by atoms with E-state index in [1.807, 2.05) is 31.2 Å². The van der Waals surface area contributed by atoms with Crippen molar-refractivity contribution in [3.63, 3.8) is 0 Å². The van der Waals surface area contributed by atoms with Crippen molar-refractivity contribution >= 4 is 23.7 Å². The number of hydrogen-bond donors (Lipinski definition) is 0. The van der Waals surface area contributed by atoms with E-state index in [9.17, 15) is 10.1 Å². The van der Waals surface area contributed by atoms with Gasteiger partial charge in [-0.15, -0.1) is 10.2 Å². The standard InChI is InChI=1S/C17H13N5O3S/c1-11-2-5-14(6-3-11)25-10-16-19-20-17-21(16)18-9-12-8-13(22(23)24)4-7-15(12)26-17/h2-9H,10H2,1H3. The van der Waals surface area contributed by atoms with Gasteiger partial charge in [0.2, 0.25) is 5.16 Å². The zero-order valence-electron chi connectivity index (χ0n) is 13.7. The fourth-order valence-electron chi connectivity index (χ4n) is 2.41. The maximum absolute atomic E-state index is 10.9. The Morgan fingerprint density at radius 1 is 1.19 bits per heavy atom. The molecular formula is C17H13N5O3S. The normalized spacial score (nSPS) is 12.2. The lowest BCUT2D eigenvalue weighted by atomic mass is 10.2. The largest absolute Gasteiger partial charge is 0.486 e. The lowest BCUT2D eigenvalue weighted by Crippen LogP contribution is -2.04. The molecule has 0 atom stereocenters. The summed E-state index contributed by atoms with van der Waals surface area (Å²) in [5, 5.41) is 24.2. The van der Waals surface area contributed by atoms with E-state index >= 15 is 0 Å². The van der Waals surface area contributed by atoms with Gasteiger partial charge in [0.05, 0.1) is 11.1 Å². The first-order chi connectivity index (χ1) is 12.6. The maximum atomic E-state index is 10.9. The van der Waals surface area contributed by atoms with Crippen molar-refractivity contribution < 1.29 is 9.66 Å². The molecule has 0 N–H and O–H groups in total. The molecule has 4 rings (SSSR count).